The summed E-state index contributed by atoms with van der Waals surface area (Å²) in [5.74, 6) is -0.863. The van der Waals surface area contributed by atoms with Crippen LogP contribution in [-0.2, 0) is 19.1 Å². The van der Waals surface area contributed by atoms with Gasteiger partial charge in [-0.15, -0.1) is 0 Å². The lowest BCUT2D eigenvalue weighted by atomic mass is 9.97. The van der Waals surface area contributed by atoms with Crippen molar-refractivity contribution in [3.63, 3.8) is 0 Å². The highest BCUT2D eigenvalue weighted by Crippen LogP contribution is 2.27. The minimum Gasteiger partial charge on any atom is -0.459 e. The molecule has 0 N–H and O–H groups in total. The van der Waals surface area contributed by atoms with Crippen LogP contribution in [0.5, 0.6) is 0 Å². The van der Waals surface area contributed by atoms with Crippen LogP contribution in [0.3, 0.4) is 0 Å². The molecule has 1 fully saturated rings. The molecular formula is C12H20O4. The first kappa shape index (κ1) is 13.0. The summed E-state index contributed by atoms with van der Waals surface area (Å²) in [6.07, 6.45) is 1.85. The quantitative estimate of drug-likeness (QED) is 0.694. The third-order valence-corrected chi connectivity index (χ3v) is 2.25. The van der Waals surface area contributed by atoms with Crippen LogP contribution in [0, 0.1) is 5.41 Å². The molecule has 1 aliphatic carbocycles. The molecule has 1 rings (SSSR count). The average molecular weight is 228 g/mol. The van der Waals surface area contributed by atoms with Crippen molar-refractivity contribution in [3.8, 4) is 0 Å². The van der Waals surface area contributed by atoms with Gasteiger partial charge in [0, 0.05) is 0 Å². The van der Waals surface area contributed by atoms with Gasteiger partial charge in [0.1, 0.15) is 6.10 Å². The molecule has 0 heterocycles. The Bertz CT molecular complexity index is 295. The summed E-state index contributed by atoms with van der Waals surface area (Å²) >= 11 is 0. The van der Waals surface area contributed by atoms with Gasteiger partial charge in [-0.05, 0) is 47.5 Å². The molecule has 0 bridgehead atoms. The molecule has 0 amide bonds. The highest BCUT2D eigenvalue weighted by Gasteiger charge is 2.40. The Labute approximate surface area is 96.3 Å². The van der Waals surface area contributed by atoms with Crippen LogP contribution in [0.25, 0.3) is 0 Å². The summed E-state index contributed by atoms with van der Waals surface area (Å²) in [7, 11) is 0. The maximum absolute atomic E-state index is 11.7. The van der Waals surface area contributed by atoms with Crippen LogP contribution in [0.2, 0.25) is 0 Å². The van der Waals surface area contributed by atoms with Crippen molar-refractivity contribution >= 4 is 11.9 Å². The van der Waals surface area contributed by atoms with E-state index in [9.17, 15) is 9.59 Å². The number of esters is 2. The van der Waals surface area contributed by atoms with Crippen molar-refractivity contribution in [1.82, 2.24) is 0 Å². The number of hydrogen-bond donors (Lipinski definition) is 0. The summed E-state index contributed by atoms with van der Waals surface area (Å²) in [5.41, 5.74) is -1.82. The van der Waals surface area contributed by atoms with Crippen LogP contribution >= 0.6 is 0 Å². The largest absolute Gasteiger partial charge is 0.459 e. The molecule has 0 aliphatic heterocycles. The second kappa shape index (κ2) is 4.07. The zero-order chi connectivity index (χ0) is 12.6. The lowest BCUT2D eigenvalue weighted by molar-refractivity contribution is -0.184. The third kappa shape index (κ3) is 3.51. The fourth-order valence-corrected chi connectivity index (χ4v) is 0.906. The van der Waals surface area contributed by atoms with Crippen LogP contribution in [0.4, 0.5) is 0 Å². The predicted molar refractivity (Wildman–Crippen MR) is 58.7 cm³/mol. The molecule has 4 heteroatoms. The van der Waals surface area contributed by atoms with E-state index in [1.807, 2.05) is 0 Å². The Morgan fingerprint density at radius 3 is 1.88 bits per heavy atom. The second-order valence-corrected chi connectivity index (χ2v) is 5.75. The summed E-state index contributed by atoms with van der Waals surface area (Å²) < 4.78 is 10.3. The molecule has 4 nitrogen and oxygen atoms in total. The van der Waals surface area contributed by atoms with E-state index in [0.29, 0.717) is 0 Å². The molecular weight excluding hydrogens is 208 g/mol. The van der Waals surface area contributed by atoms with Gasteiger partial charge in [-0.2, -0.15) is 0 Å². The highest BCUT2D eigenvalue weighted by atomic mass is 16.6. The Hall–Kier alpha value is -1.06. The third-order valence-electron chi connectivity index (χ3n) is 2.25. The Kier molecular flexibility index (Phi) is 3.31. The molecule has 0 aromatic rings. The van der Waals surface area contributed by atoms with Crippen molar-refractivity contribution < 1.29 is 19.1 Å². The molecule has 0 unspecified atom stereocenters. The van der Waals surface area contributed by atoms with E-state index in [1.54, 1.807) is 34.6 Å². The van der Waals surface area contributed by atoms with Gasteiger partial charge >= 0.3 is 11.9 Å². The van der Waals surface area contributed by atoms with Crippen molar-refractivity contribution in [1.29, 1.82) is 0 Å². The second-order valence-electron chi connectivity index (χ2n) is 5.75. The van der Waals surface area contributed by atoms with Crippen molar-refractivity contribution in [2.45, 2.75) is 59.2 Å². The maximum atomic E-state index is 11.7. The van der Waals surface area contributed by atoms with Gasteiger partial charge in [-0.3, -0.25) is 4.79 Å². The molecule has 1 aliphatic rings. The Morgan fingerprint density at radius 2 is 1.50 bits per heavy atom. The number of hydrogen-bond acceptors (Lipinski definition) is 4. The van der Waals surface area contributed by atoms with Crippen LogP contribution < -0.4 is 0 Å². The topological polar surface area (TPSA) is 52.6 Å². The van der Waals surface area contributed by atoms with E-state index in [0.717, 1.165) is 12.8 Å². The lowest BCUT2D eigenvalue weighted by Gasteiger charge is -2.27. The standard InChI is InChI=1S/C12H20O4/c1-11(2,3)9(13)16-12(4,5)10(14)15-8-6-7-8/h8H,6-7H2,1-5H3. The first-order valence-electron chi connectivity index (χ1n) is 5.57. The summed E-state index contributed by atoms with van der Waals surface area (Å²) in [6.45, 7) is 8.36. The first-order chi connectivity index (χ1) is 7.13. The van der Waals surface area contributed by atoms with E-state index >= 15 is 0 Å². The molecule has 0 atom stereocenters. The first-order valence-corrected chi connectivity index (χ1v) is 5.57. The van der Waals surface area contributed by atoms with Crippen LogP contribution in [0.1, 0.15) is 47.5 Å². The monoisotopic (exact) mass is 228 g/mol. The molecule has 16 heavy (non-hydrogen) atoms. The summed E-state index contributed by atoms with van der Waals surface area (Å²) in [6, 6.07) is 0. The lowest BCUT2D eigenvalue weighted by Crippen LogP contribution is -2.42. The smallest absolute Gasteiger partial charge is 0.350 e. The normalized spacial score (nSPS) is 16.8. The van der Waals surface area contributed by atoms with Crippen LogP contribution in [0.15, 0.2) is 0 Å². The van der Waals surface area contributed by atoms with Gasteiger partial charge in [0.15, 0.2) is 0 Å². The number of rotatable bonds is 3. The van der Waals surface area contributed by atoms with Gasteiger partial charge in [0.05, 0.1) is 5.41 Å². The molecule has 0 radical (unpaired) electrons. The van der Waals surface area contributed by atoms with E-state index in [1.165, 1.54) is 0 Å². The SMILES string of the molecule is CC(C)(C)C(=O)OC(C)(C)C(=O)OC1CC1. The van der Waals surface area contributed by atoms with Gasteiger partial charge in [-0.1, -0.05) is 0 Å². The number of carbonyl (C=O) groups excluding carboxylic acids is 2. The van der Waals surface area contributed by atoms with Gasteiger partial charge in [-0.25, -0.2) is 4.79 Å². The molecule has 0 spiro atoms. The highest BCUT2D eigenvalue weighted by molar-refractivity contribution is 5.84. The van der Waals surface area contributed by atoms with Crippen molar-refractivity contribution in [2.75, 3.05) is 0 Å². The molecule has 1 saturated carbocycles. The van der Waals surface area contributed by atoms with Crippen molar-refractivity contribution in [2.24, 2.45) is 5.41 Å². The molecule has 0 aromatic carbocycles. The Balaban J connectivity index is 2.55. The molecule has 0 saturated heterocycles. The maximum Gasteiger partial charge on any atom is 0.350 e. The summed E-state index contributed by atoms with van der Waals surface area (Å²) in [4.78, 5) is 23.3. The number of ether oxygens (including phenoxy) is 2. The zero-order valence-corrected chi connectivity index (χ0v) is 10.6. The fraction of sp³-hybridized carbons (Fsp3) is 0.833. The van der Waals surface area contributed by atoms with E-state index in [2.05, 4.69) is 0 Å². The average Bonchev–Trinajstić information content (AvgIpc) is 2.85. The van der Waals surface area contributed by atoms with Gasteiger partial charge in [0.25, 0.3) is 0 Å². The Morgan fingerprint density at radius 1 is 1.00 bits per heavy atom. The summed E-state index contributed by atoms with van der Waals surface area (Å²) in [5, 5.41) is 0. The fourth-order valence-electron chi connectivity index (χ4n) is 0.906. The van der Waals surface area contributed by atoms with Gasteiger partial charge in [0.2, 0.25) is 5.60 Å². The van der Waals surface area contributed by atoms with E-state index < -0.39 is 23.0 Å². The van der Waals surface area contributed by atoms with Crippen molar-refractivity contribution in [3.05, 3.63) is 0 Å². The minimum absolute atomic E-state index is 0.0279. The molecule has 92 valence electrons. The molecule has 0 aromatic heterocycles. The minimum atomic E-state index is -1.20. The van der Waals surface area contributed by atoms with E-state index in [4.69, 9.17) is 9.47 Å². The van der Waals surface area contributed by atoms with Gasteiger partial charge < -0.3 is 9.47 Å². The van der Waals surface area contributed by atoms with Crippen LogP contribution in [-0.4, -0.2) is 23.6 Å². The zero-order valence-electron chi connectivity index (χ0n) is 10.6. The van der Waals surface area contributed by atoms with E-state index in [-0.39, 0.29) is 6.10 Å². The number of carbonyl (C=O) groups is 2. The predicted octanol–water partition coefficient (Wildman–Crippen LogP) is 2.06.